The van der Waals surface area contributed by atoms with E-state index in [4.69, 9.17) is 0 Å². The highest BCUT2D eigenvalue weighted by Crippen LogP contribution is 2.31. The molecule has 1 aliphatic rings. The second kappa shape index (κ2) is 9.66. The fourth-order valence-electron chi connectivity index (χ4n) is 4.76. The summed E-state index contributed by atoms with van der Waals surface area (Å²) < 4.78 is 16.2. The first-order chi connectivity index (χ1) is 17.0. The second-order valence-corrected chi connectivity index (χ2v) is 8.84. The van der Waals surface area contributed by atoms with Gasteiger partial charge in [-0.2, -0.15) is 0 Å². The highest BCUT2D eigenvalue weighted by atomic mass is 19.1. The number of aromatic nitrogens is 3. The second-order valence-electron chi connectivity index (χ2n) is 8.84. The molecular weight excluding hydrogens is 445 g/mol. The van der Waals surface area contributed by atoms with Gasteiger partial charge in [0, 0.05) is 56.4 Å². The van der Waals surface area contributed by atoms with E-state index in [0.717, 1.165) is 11.2 Å². The number of likely N-dealkylation sites (tertiary alicyclic amines) is 1. The molecule has 7 nitrogen and oxygen atoms in total. The number of nitrogens with zero attached hydrogens (tertiary/aromatic N) is 4. The standard InChI is InChI=1S/C27H26FN5O2/c1-18(34)31-25-15-20(27(35)32-12-9-19(16-32)22-7-2-3-8-23(22)28)14-24-26(25)33(17-30-24)13-10-21-6-4-5-11-29-21/h2-8,11,14-15,17,19H,9-10,12-13,16H2,1H3,(H,31,34)/t19-/m1/s1. The summed E-state index contributed by atoms with van der Waals surface area (Å²) in [5.41, 5.74) is 3.99. The normalized spacial score (nSPS) is 15.5. The molecule has 178 valence electrons. The molecule has 4 aromatic rings. The zero-order valence-electron chi connectivity index (χ0n) is 19.4. The van der Waals surface area contributed by atoms with Crippen LogP contribution in [0.25, 0.3) is 11.0 Å². The van der Waals surface area contributed by atoms with Crippen LogP contribution in [0, 0.1) is 5.82 Å². The molecule has 0 aliphatic carbocycles. The van der Waals surface area contributed by atoms with Crippen LogP contribution in [-0.2, 0) is 17.8 Å². The molecule has 5 rings (SSSR count). The fourth-order valence-corrected chi connectivity index (χ4v) is 4.76. The van der Waals surface area contributed by atoms with Crippen molar-refractivity contribution in [1.29, 1.82) is 0 Å². The number of fused-ring (bicyclic) bond motifs is 1. The number of nitrogens with one attached hydrogen (secondary N) is 1. The molecule has 1 saturated heterocycles. The highest BCUT2D eigenvalue weighted by Gasteiger charge is 2.30. The summed E-state index contributed by atoms with van der Waals surface area (Å²) in [6.07, 6.45) is 4.89. The number of carbonyl (C=O) groups is 2. The average molecular weight is 472 g/mol. The third-order valence-corrected chi connectivity index (χ3v) is 6.43. The number of pyridine rings is 1. The molecule has 1 N–H and O–H groups in total. The lowest BCUT2D eigenvalue weighted by Crippen LogP contribution is -2.28. The predicted octanol–water partition coefficient (Wildman–Crippen LogP) is 4.40. The van der Waals surface area contributed by atoms with E-state index >= 15 is 0 Å². The van der Waals surface area contributed by atoms with Gasteiger partial charge >= 0.3 is 0 Å². The average Bonchev–Trinajstić information content (AvgIpc) is 3.50. The van der Waals surface area contributed by atoms with Gasteiger partial charge in [0.15, 0.2) is 0 Å². The zero-order valence-corrected chi connectivity index (χ0v) is 19.4. The molecule has 3 heterocycles. The Balaban J connectivity index is 1.41. The van der Waals surface area contributed by atoms with Gasteiger partial charge in [-0.15, -0.1) is 0 Å². The maximum atomic E-state index is 14.3. The van der Waals surface area contributed by atoms with E-state index in [-0.39, 0.29) is 23.5 Å². The molecule has 0 radical (unpaired) electrons. The van der Waals surface area contributed by atoms with Crippen molar-refractivity contribution in [2.24, 2.45) is 0 Å². The van der Waals surface area contributed by atoms with Gasteiger partial charge < -0.3 is 14.8 Å². The van der Waals surface area contributed by atoms with Gasteiger partial charge in [-0.25, -0.2) is 9.37 Å². The van der Waals surface area contributed by atoms with Crippen molar-refractivity contribution in [3.05, 3.63) is 89.8 Å². The first-order valence-electron chi connectivity index (χ1n) is 11.7. The van der Waals surface area contributed by atoms with Gasteiger partial charge in [-0.3, -0.25) is 14.6 Å². The number of amides is 2. The summed E-state index contributed by atoms with van der Waals surface area (Å²) in [7, 11) is 0. The topological polar surface area (TPSA) is 80.1 Å². The van der Waals surface area contributed by atoms with E-state index in [1.54, 1.807) is 41.7 Å². The molecular formula is C27H26FN5O2. The number of anilines is 1. The number of rotatable bonds is 6. The van der Waals surface area contributed by atoms with Crippen LogP contribution in [0.4, 0.5) is 10.1 Å². The fraction of sp³-hybridized carbons (Fsp3) is 0.259. The SMILES string of the molecule is CC(=O)Nc1cc(C(=O)N2CC[C@@H](c3ccccc3F)C2)cc2ncn(CCc3ccccn3)c12. The summed E-state index contributed by atoms with van der Waals surface area (Å²) >= 11 is 0. The van der Waals surface area contributed by atoms with Crippen molar-refractivity contribution in [2.75, 3.05) is 18.4 Å². The lowest BCUT2D eigenvalue weighted by molar-refractivity contribution is -0.114. The molecule has 2 aromatic carbocycles. The number of benzene rings is 2. The molecule has 0 spiro atoms. The summed E-state index contributed by atoms with van der Waals surface area (Å²) in [4.78, 5) is 36.0. The van der Waals surface area contributed by atoms with Gasteiger partial charge in [0.1, 0.15) is 5.82 Å². The highest BCUT2D eigenvalue weighted by molar-refractivity contribution is 6.05. The zero-order chi connectivity index (χ0) is 24.4. The molecule has 8 heteroatoms. The van der Waals surface area contributed by atoms with Crippen LogP contribution < -0.4 is 5.32 Å². The minimum absolute atomic E-state index is 0.0375. The van der Waals surface area contributed by atoms with Crippen LogP contribution in [-0.4, -0.2) is 44.3 Å². The Morgan fingerprint density at radius 2 is 1.94 bits per heavy atom. The van der Waals surface area contributed by atoms with Crippen molar-refractivity contribution in [2.45, 2.75) is 32.2 Å². The Kier molecular flexibility index (Phi) is 6.27. The van der Waals surface area contributed by atoms with Crippen molar-refractivity contribution >= 4 is 28.5 Å². The first-order valence-corrected chi connectivity index (χ1v) is 11.7. The lowest BCUT2D eigenvalue weighted by Gasteiger charge is -2.18. The number of carbonyl (C=O) groups excluding carboxylic acids is 2. The van der Waals surface area contributed by atoms with Gasteiger partial charge in [-0.1, -0.05) is 24.3 Å². The van der Waals surface area contributed by atoms with E-state index in [9.17, 15) is 14.0 Å². The molecule has 0 saturated carbocycles. The van der Waals surface area contributed by atoms with Crippen LogP contribution in [0.2, 0.25) is 0 Å². The number of halogens is 1. The maximum Gasteiger partial charge on any atom is 0.254 e. The third-order valence-electron chi connectivity index (χ3n) is 6.43. The van der Waals surface area contributed by atoms with Crippen LogP contribution in [0.3, 0.4) is 0 Å². The largest absolute Gasteiger partial charge is 0.338 e. The van der Waals surface area contributed by atoms with Crippen LogP contribution in [0.5, 0.6) is 0 Å². The molecule has 0 unspecified atom stereocenters. The van der Waals surface area contributed by atoms with Gasteiger partial charge in [0.05, 0.1) is 23.0 Å². The van der Waals surface area contributed by atoms with Gasteiger partial charge in [-0.05, 0) is 42.3 Å². The molecule has 1 aliphatic heterocycles. The summed E-state index contributed by atoms with van der Waals surface area (Å²) in [5, 5.41) is 2.86. The molecule has 2 aromatic heterocycles. The Morgan fingerprint density at radius 1 is 1.11 bits per heavy atom. The number of imidazole rings is 1. The summed E-state index contributed by atoms with van der Waals surface area (Å²) in [6, 6.07) is 16.0. The van der Waals surface area contributed by atoms with E-state index < -0.39 is 0 Å². The lowest BCUT2D eigenvalue weighted by atomic mass is 9.98. The molecule has 2 amide bonds. The molecule has 0 bridgehead atoms. The predicted molar refractivity (Wildman–Crippen MR) is 132 cm³/mol. The van der Waals surface area contributed by atoms with Crippen molar-refractivity contribution in [1.82, 2.24) is 19.4 Å². The summed E-state index contributed by atoms with van der Waals surface area (Å²) in [6.45, 7) is 3.06. The smallest absolute Gasteiger partial charge is 0.254 e. The third kappa shape index (κ3) is 4.77. The van der Waals surface area contributed by atoms with Gasteiger partial charge in [0.25, 0.3) is 5.91 Å². The van der Waals surface area contributed by atoms with E-state index in [0.29, 0.717) is 54.8 Å². The Bertz CT molecular complexity index is 1390. The minimum atomic E-state index is -0.239. The maximum absolute atomic E-state index is 14.3. The number of hydrogen-bond acceptors (Lipinski definition) is 4. The number of aryl methyl sites for hydroxylation is 2. The number of hydrogen-bond donors (Lipinski definition) is 1. The Morgan fingerprint density at radius 3 is 2.71 bits per heavy atom. The first kappa shape index (κ1) is 22.7. The van der Waals surface area contributed by atoms with Crippen LogP contribution >= 0.6 is 0 Å². The van der Waals surface area contributed by atoms with E-state index in [1.165, 1.54) is 13.0 Å². The van der Waals surface area contributed by atoms with Crippen LogP contribution in [0.15, 0.2) is 67.1 Å². The summed E-state index contributed by atoms with van der Waals surface area (Å²) in [5.74, 6) is -0.656. The monoisotopic (exact) mass is 471 g/mol. The van der Waals surface area contributed by atoms with E-state index in [2.05, 4.69) is 15.3 Å². The van der Waals surface area contributed by atoms with Crippen molar-refractivity contribution in [3.8, 4) is 0 Å². The quantitative estimate of drug-likeness (QED) is 0.452. The van der Waals surface area contributed by atoms with E-state index in [1.807, 2.05) is 28.8 Å². The van der Waals surface area contributed by atoms with Crippen molar-refractivity contribution < 1.29 is 14.0 Å². The Labute approximate surface area is 202 Å². The van der Waals surface area contributed by atoms with Crippen LogP contribution in [0.1, 0.15) is 40.9 Å². The Hall–Kier alpha value is -4.07. The molecule has 1 atom stereocenters. The molecule has 35 heavy (non-hydrogen) atoms. The minimum Gasteiger partial charge on any atom is -0.338 e. The molecule has 1 fully saturated rings. The van der Waals surface area contributed by atoms with Crippen molar-refractivity contribution in [3.63, 3.8) is 0 Å². The van der Waals surface area contributed by atoms with Gasteiger partial charge in [0.2, 0.25) is 5.91 Å².